The number of piperidine rings is 1. The molecule has 1 aliphatic rings. The highest BCUT2D eigenvalue weighted by molar-refractivity contribution is 6.30. The molecule has 20 heavy (non-hydrogen) atoms. The van der Waals surface area contributed by atoms with Gasteiger partial charge in [0.25, 0.3) is 0 Å². The number of ether oxygens (including phenoxy) is 2. The molecule has 1 aromatic rings. The van der Waals surface area contributed by atoms with E-state index in [9.17, 15) is 4.79 Å². The van der Waals surface area contributed by atoms with Gasteiger partial charge in [-0.2, -0.15) is 0 Å². The molecule has 0 radical (unpaired) electrons. The number of benzene rings is 1. The molecule has 0 bridgehead atoms. The van der Waals surface area contributed by atoms with Gasteiger partial charge in [-0.25, -0.2) is 0 Å². The minimum absolute atomic E-state index is 0.0291. The molecule has 1 aromatic carbocycles. The van der Waals surface area contributed by atoms with Crippen molar-refractivity contribution in [2.24, 2.45) is 0 Å². The molecule has 110 valence electrons. The Bertz CT molecular complexity index is 472. The molecule has 1 heterocycles. The Kier molecular flexibility index (Phi) is 5.12. The van der Waals surface area contributed by atoms with Gasteiger partial charge in [0.1, 0.15) is 5.38 Å². The first kappa shape index (κ1) is 15.0. The molecule has 1 amide bonds. The minimum Gasteiger partial charge on any atom is -0.493 e. The van der Waals surface area contributed by atoms with E-state index in [2.05, 4.69) is 0 Å². The van der Waals surface area contributed by atoms with Gasteiger partial charge in [-0.15, -0.1) is 11.6 Å². The highest BCUT2D eigenvalue weighted by Gasteiger charge is 2.25. The number of methoxy groups -OCH3 is 2. The summed E-state index contributed by atoms with van der Waals surface area (Å²) in [7, 11) is 3.14. The fourth-order valence-electron chi connectivity index (χ4n) is 2.43. The third-order valence-electron chi connectivity index (χ3n) is 3.58. The van der Waals surface area contributed by atoms with Gasteiger partial charge in [0.15, 0.2) is 11.5 Å². The second-order valence-electron chi connectivity index (χ2n) is 4.86. The lowest BCUT2D eigenvalue weighted by atomic mass is 10.1. The van der Waals surface area contributed by atoms with E-state index < -0.39 is 5.38 Å². The van der Waals surface area contributed by atoms with E-state index in [1.165, 1.54) is 6.42 Å². The normalized spacial score (nSPS) is 16.6. The topological polar surface area (TPSA) is 38.8 Å². The molecular weight excluding hydrogens is 278 g/mol. The van der Waals surface area contributed by atoms with Gasteiger partial charge in [0.05, 0.1) is 14.2 Å². The monoisotopic (exact) mass is 297 g/mol. The van der Waals surface area contributed by atoms with E-state index in [0.717, 1.165) is 31.5 Å². The van der Waals surface area contributed by atoms with Crippen LogP contribution in [0.1, 0.15) is 30.2 Å². The predicted molar refractivity (Wildman–Crippen MR) is 78.6 cm³/mol. The van der Waals surface area contributed by atoms with Crippen LogP contribution in [0.4, 0.5) is 0 Å². The second-order valence-corrected chi connectivity index (χ2v) is 5.30. The van der Waals surface area contributed by atoms with Crippen LogP contribution >= 0.6 is 11.6 Å². The Morgan fingerprint density at radius 1 is 1.15 bits per heavy atom. The number of alkyl halides is 1. The number of carbonyl (C=O) groups excluding carboxylic acids is 1. The van der Waals surface area contributed by atoms with Gasteiger partial charge < -0.3 is 14.4 Å². The zero-order valence-electron chi connectivity index (χ0n) is 11.9. The van der Waals surface area contributed by atoms with Gasteiger partial charge in [-0.1, -0.05) is 6.07 Å². The molecular formula is C15H20ClNO3. The zero-order valence-corrected chi connectivity index (χ0v) is 12.7. The number of carbonyl (C=O) groups is 1. The molecule has 1 fully saturated rings. The molecule has 0 aliphatic carbocycles. The maximum Gasteiger partial charge on any atom is 0.245 e. The van der Waals surface area contributed by atoms with Crippen LogP contribution in [0.3, 0.4) is 0 Å². The number of likely N-dealkylation sites (tertiary alicyclic amines) is 1. The molecule has 0 N–H and O–H groups in total. The maximum absolute atomic E-state index is 12.4. The van der Waals surface area contributed by atoms with Crippen LogP contribution in [-0.4, -0.2) is 38.1 Å². The first-order valence-corrected chi connectivity index (χ1v) is 7.25. The summed E-state index contributed by atoms with van der Waals surface area (Å²) in [5.41, 5.74) is 0.736. The van der Waals surface area contributed by atoms with Gasteiger partial charge in [-0.05, 0) is 37.0 Å². The molecule has 0 spiro atoms. The van der Waals surface area contributed by atoms with Crippen LogP contribution < -0.4 is 9.47 Å². The van der Waals surface area contributed by atoms with Crippen LogP contribution in [0.15, 0.2) is 18.2 Å². The third kappa shape index (κ3) is 3.18. The van der Waals surface area contributed by atoms with Crippen molar-refractivity contribution < 1.29 is 14.3 Å². The average molecular weight is 298 g/mol. The number of hydrogen-bond donors (Lipinski definition) is 0. The lowest BCUT2D eigenvalue weighted by Gasteiger charge is -2.28. The summed E-state index contributed by atoms with van der Waals surface area (Å²) >= 11 is 6.33. The molecule has 0 saturated carbocycles. The largest absolute Gasteiger partial charge is 0.493 e. The molecule has 0 aromatic heterocycles. The Morgan fingerprint density at radius 3 is 2.40 bits per heavy atom. The van der Waals surface area contributed by atoms with E-state index in [0.29, 0.717) is 11.5 Å². The molecule has 2 rings (SSSR count). The van der Waals surface area contributed by atoms with Crippen molar-refractivity contribution in [2.75, 3.05) is 27.3 Å². The summed E-state index contributed by atoms with van der Waals surface area (Å²) in [6.45, 7) is 1.60. The number of rotatable bonds is 4. The van der Waals surface area contributed by atoms with E-state index in [1.54, 1.807) is 32.4 Å². The Labute approximate surface area is 124 Å². The maximum atomic E-state index is 12.4. The molecule has 1 aliphatic heterocycles. The first-order valence-electron chi connectivity index (χ1n) is 6.82. The number of hydrogen-bond acceptors (Lipinski definition) is 3. The summed E-state index contributed by atoms with van der Waals surface area (Å²) in [6, 6.07) is 5.34. The quantitative estimate of drug-likeness (QED) is 0.802. The zero-order chi connectivity index (χ0) is 14.5. The molecule has 1 atom stereocenters. The Hall–Kier alpha value is -1.42. The van der Waals surface area contributed by atoms with Crippen LogP contribution in [-0.2, 0) is 4.79 Å². The summed E-state index contributed by atoms with van der Waals surface area (Å²) in [5.74, 6) is 1.19. The van der Waals surface area contributed by atoms with Gasteiger partial charge in [-0.3, -0.25) is 4.79 Å². The van der Waals surface area contributed by atoms with Crippen molar-refractivity contribution in [3.8, 4) is 11.5 Å². The molecule has 4 nitrogen and oxygen atoms in total. The number of nitrogens with zero attached hydrogens (tertiary/aromatic N) is 1. The van der Waals surface area contributed by atoms with Crippen LogP contribution in [0.25, 0.3) is 0 Å². The Morgan fingerprint density at radius 2 is 1.80 bits per heavy atom. The van der Waals surface area contributed by atoms with Crippen molar-refractivity contribution in [3.63, 3.8) is 0 Å². The van der Waals surface area contributed by atoms with E-state index in [1.807, 2.05) is 4.90 Å². The van der Waals surface area contributed by atoms with Crippen LogP contribution in [0, 0.1) is 0 Å². The number of halogens is 1. The molecule has 5 heteroatoms. The van der Waals surface area contributed by atoms with Crippen molar-refractivity contribution in [2.45, 2.75) is 24.6 Å². The van der Waals surface area contributed by atoms with Gasteiger partial charge in [0, 0.05) is 13.1 Å². The standard InChI is InChI=1S/C15H20ClNO3/c1-19-12-7-6-11(10-13(12)20-2)14(16)15(18)17-8-4-3-5-9-17/h6-7,10,14H,3-5,8-9H2,1-2H3. The molecule has 1 saturated heterocycles. The van der Waals surface area contributed by atoms with Crippen molar-refractivity contribution in [1.82, 2.24) is 4.90 Å². The number of amides is 1. The predicted octanol–water partition coefficient (Wildman–Crippen LogP) is 3.00. The lowest BCUT2D eigenvalue weighted by Crippen LogP contribution is -2.37. The lowest BCUT2D eigenvalue weighted by molar-refractivity contribution is -0.131. The van der Waals surface area contributed by atoms with Crippen molar-refractivity contribution in [1.29, 1.82) is 0 Å². The fourth-order valence-corrected chi connectivity index (χ4v) is 2.70. The summed E-state index contributed by atoms with van der Waals surface area (Å²) in [4.78, 5) is 14.2. The summed E-state index contributed by atoms with van der Waals surface area (Å²) < 4.78 is 10.4. The van der Waals surface area contributed by atoms with Crippen LogP contribution in [0.2, 0.25) is 0 Å². The Balaban J connectivity index is 2.15. The molecule has 1 unspecified atom stereocenters. The highest BCUT2D eigenvalue weighted by Crippen LogP contribution is 2.33. The van der Waals surface area contributed by atoms with Crippen molar-refractivity contribution in [3.05, 3.63) is 23.8 Å². The van der Waals surface area contributed by atoms with Crippen LogP contribution in [0.5, 0.6) is 11.5 Å². The minimum atomic E-state index is -0.673. The highest BCUT2D eigenvalue weighted by atomic mass is 35.5. The second kappa shape index (κ2) is 6.84. The van der Waals surface area contributed by atoms with Gasteiger partial charge in [0.2, 0.25) is 5.91 Å². The average Bonchev–Trinajstić information content (AvgIpc) is 2.53. The fraction of sp³-hybridized carbons (Fsp3) is 0.533. The van der Waals surface area contributed by atoms with E-state index in [4.69, 9.17) is 21.1 Å². The first-order chi connectivity index (χ1) is 9.67. The smallest absolute Gasteiger partial charge is 0.245 e. The van der Waals surface area contributed by atoms with Crippen molar-refractivity contribution >= 4 is 17.5 Å². The van der Waals surface area contributed by atoms with Gasteiger partial charge >= 0.3 is 0 Å². The summed E-state index contributed by atoms with van der Waals surface area (Å²) in [6.07, 6.45) is 3.30. The summed E-state index contributed by atoms with van der Waals surface area (Å²) in [5, 5.41) is -0.673. The van der Waals surface area contributed by atoms with E-state index >= 15 is 0 Å². The SMILES string of the molecule is COc1ccc(C(Cl)C(=O)N2CCCCC2)cc1OC. The third-order valence-corrected chi connectivity index (χ3v) is 4.02. The van der Waals surface area contributed by atoms with E-state index in [-0.39, 0.29) is 5.91 Å².